The number of nitrogens with zero attached hydrogens (tertiary/aromatic N) is 2. The van der Waals surface area contributed by atoms with Crippen molar-refractivity contribution < 1.29 is 13.3 Å². The molecule has 2 aliphatic carbocycles. The highest BCUT2D eigenvalue weighted by Gasteiger charge is 2.52. The van der Waals surface area contributed by atoms with E-state index in [0.29, 0.717) is 17.1 Å². The van der Waals surface area contributed by atoms with Crippen molar-refractivity contribution in [2.45, 2.75) is 5.41 Å². The maximum atomic E-state index is 6.93. The molecule has 15 rings (SSSR count). The fourth-order valence-corrected chi connectivity index (χ4v) is 11.4. The van der Waals surface area contributed by atoms with Gasteiger partial charge in [0.2, 0.25) is 0 Å². The van der Waals surface area contributed by atoms with Gasteiger partial charge in [0.1, 0.15) is 39.1 Å². The Bertz CT molecular complexity index is 4120. The summed E-state index contributed by atoms with van der Waals surface area (Å²) in [6.45, 7) is 0. The summed E-state index contributed by atoms with van der Waals surface area (Å²) >= 11 is 0. The van der Waals surface area contributed by atoms with Gasteiger partial charge in [-0.1, -0.05) is 158 Å². The lowest BCUT2D eigenvalue weighted by Gasteiger charge is -2.30. The van der Waals surface area contributed by atoms with Crippen molar-refractivity contribution in [1.82, 2.24) is 9.97 Å². The Kier molecular flexibility index (Phi) is 6.56. The lowest BCUT2D eigenvalue weighted by Crippen LogP contribution is -2.25. The van der Waals surface area contributed by atoms with Crippen LogP contribution in [0.2, 0.25) is 0 Å². The quantitative estimate of drug-likeness (QED) is 0.178. The zero-order valence-corrected chi connectivity index (χ0v) is 34.1. The second-order valence-corrected chi connectivity index (χ2v) is 17.1. The van der Waals surface area contributed by atoms with Gasteiger partial charge in [-0.3, -0.25) is 0 Å². The molecule has 9 aromatic carbocycles. The van der Waals surface area contributed by atoms with Gasteiger partial charge in [-0.25, -0.2) is 9.97 Å². The van der Waals surface area contributed by atoms with Crippen LogP contribution in [0.5, 0.6) is 0 Å². The van der Waals surface area contributed by atoms with Crippen LogP contribution in [-0.4, -0.2) is 9.97 Å². The van der Waals surface area contributed by atoms with Gasteiger partial charge < -0.3 is 13.3 Å². The summed E-state index contributed by atoms with van der Waals surface area (Å²) < 4.78 is 19.7. The van der Waals surface area contributed by atoms with E-state index in [1.165, 1.54) is 50.1 Å². The van der Waals surface area contributed by atoms with Crippen LogP contribution in [0, 0.1) is 0 Å². The molecule has 13 aromatic rings. The molecule has 2 aliphatic rings. The first-order chi connectivity index (χ1) is 31.7. The van der Waals surface area contributed by atoms with Crippen LogP contribution in [0.3, 0.4) is 0 Å². The number of para-hydroxylation sites is 2. The van der Waals surface area contributed by atoms with E-state index in [2.05, 4.69) is 133 Å². The van der Waals surface area contributed by atoms with Gasteiger partial charge in [-0.15, -0.1) is 0 Å². The predicted molar refractivity (Wildman–Crippen MR) is 256 cm³/mol. The lowest BCUT2D eigenvalue weighted by molar-refractivity contribution is 0.667. The van der Waals surface area contributed by atoms with Crippen molar-refractivity contribution >= 4 is 65.9 Å². The van der Waals surface area contributed by atoms with E-state index in [0.717, 1.165) is 77.1 Å². The van der Waals surface area contributed by atoms with Gasteiger partial charge in [0.15, 0.2) is 11.4 Å². The minimum absolute atomic E-state index is 0.435. The third-order valence-electron chi connectivity index (χ3n) is 13.9. The van der Waals surface area contributed by atoms with Crippen LogP contribution in [-0.2, 0) is 5.41 Å². The molecule has 0 unspecified atom stereocenters. The number of furan rings is 3. The number of benzene rings is 9. The minimum Gasteiger partial charge on any atom is -0.456 e. The van der Waals surface area contributed by atoms with E-state index < -0.39 is 5.41 Å². The molecule has 5 heteroatoms. The van der Waals surface area contributed by atoms with Crippen LogP contribution in [0.15, 0.2) is 207 Å². The standard InChI is InChI=1S/C59H32N2O3/c1-6-22-43-35(14-1)36-15-2-7-23-44(36)59(43)45-24-8-3-16-37(45)52-34(19-11-25-46(52)59)33-30-31-49-42(32-33)56-57(64-49)55(40-20-12-28-50-53(40)38-17-4-9-26-47(38)62-50)60-58(61-56)41-21-13-29-51-54(41)39-18-5-10-27-48(39)63-51/h1-32H. The normalized spacial score (nSPS) is 13.4. The number of fused-ring (bicyclic) bond motifs is 19. The Hall–Kier alpha value is -8.54. The van der Waals surface area contributed by atoms with Crippen molar-refractivity contribution in [1.29, 1.82) is 0 Å². The summed E-state index contributed by atoms with van der Waals surface area (Å²) in [5, 5.41) is 4.92. The number of rotatable bonds is 3. The Morgan fingerprint density at radius 2 is 0.844 bits per heavy atom. The molecule has 0 radical (unpaired) electrons. The summed E-state index contributed by atoms with van der Waals surface area (Å²) in [6.07, 6.45) is 0. The number of aromatic nitrogens is 2. The number of hydrogen-bond donors (Lipinski definition) is 0. The summed E-state index contributed by atoms with van der Waals surface area (Å²) in [7, 11) is 0. The Labute approximate surface area is 365 Å². The molecule has 0 saturated heterocycles. The Balaban J connectivity index is 1.02. The molecule has 4 aromatic heterocycles. The molecule has 296 valence electrons. The molecule has 0 aliphatic heterocycles. The van der Waals surface area contributed by atoms with E-state index in [9.17, 15) is 0 Å². The molecular formula is C59H32N2O3. The topological polar surface area (TPSA) is 65.2 Å². The smallest absolute Gasteiger partial charge is 0.180 e. The average Bonchev–Trinajstić information content (AvgIpc) is 4.16. The summed E-state index contributed by atoms with van der Waals surface area (Å²) in [5.74, 6) is 0.590. The first-order valence-corrected chi connectivity index (χ1v) is 21.7. The second kappa shape index (κ2) is 12.3. The summed E-state index contributed by atoms with van der Waals surface area (Å²) in [5.41, 5.74) is 20.0. The lowest BCUT2D eigenvalue weighted by atomic mass is 9.70. The molecule has 5 nitrogen and oxygen atoms in total. The van der Waals surface area contributed by atoms with Crippen molar-refractivity contribution in [2.75, 3.05) is 0 Å². The fraction of sp³-hybridized carbons (Fsp3) is 0.0169. The van der Waals surface area contributed by atoms with E-state index in [1.807, 2.05) is 60.7 Å². The number of hydrogen-bond acceptors (Lipinski definition) is 5. The average molecular weight is 817 g/mol. The van der Waals surface area contributed by atoms with Crippen LogP contribution in [0.25, 0.3) is 122 Å². The molecule has 1 spiro atoms. The molecule has 0 saturated carbocycles. The molecule has 4 heterocycles. The molecule has 0 atom stereocenters. The van der Waals surface area contributed by atoms with E-state index in [1.54, 1.807) is 0 Å². The first-order valence-electron chi connectivity index (χ1n) is 21.7. The van der Waals surface area contributed by atoms with Gasteiger partial charge >= 0.3 is 0 Å². The first kappa shape index (κ1) is 34.1. The molecule has 0 fully saturated rings. The largest absolute Gasteiger partial charge is 0.456 e. The second-order valence-electron chi connectivity index (χ2n) is 17.1. The maximum absolute atomic E-state index is 6.93. The van der Waals surface area contributed by atoms with Crippen molar-refractivity contribution in [3.8, 4) is 56.0 Å². The molecule has 0 bridgehead atoms. The highest BCUT2D eigenvalue weighted by Crippen LogP contribution is 2.64. The van der Waals surface area contributed by atoms with Gasteiger partial charge in [0.05, 0.1) is 5.41 Å². The summed E-state index contributed by atoms with van der Waals surface area (Å²) in [4.78, 5) is 10.9. The van der Waals surface area contributed by atoms with Crippen molar-refractivity contribution in [2.24, 2.45) is 0 Å². The van der Waals surface area contributed by atoms with Crippen LogP contribution in [0.4, 0.5) is 0 Å². The fourth-order valence-electron chi connectivity index (χ4n) is 11.4. The Morgan fingerprint density at radius 1 is 0.344 bits per heavy atom. The van der Waals surface area contributed by atoms with E-state index >= 15 is 0 Å². The SMILES string of the molecule is c1ccc2c(c1)-c1ccccc1C21c2ccccc2-c2c(-c3ccc4oc5c(-c6cccc7oc8ccccc8c67)nc(-c6cccc7oc8ccccc8c67)nc5c4c3)cccc21. The van der Waals surface area contributed by atoms with Gasteiger partial charge in [0, 0.05) is 38.1 Å². The third kappa shape index (κ3) is 4.28. The van der Waals surface area contributed by atoms with E-state index in [-0.39, 0.29) is 0 Å². The van der Waals surface area contributed by atoms with Gasteiger partial charge in [-0.2, -0.15) is 0 Å². The van der Waals surface area contributed by atoms with Crippen molar-refractivity contribution in [3.63, 3.8) is 0 Å². The monoisotopic (exact) mass is 816 g/mol. The molecule has 0 N–H and O–H groups in total. The van der Waals surface area contributed by atoms with Gasteiger partial charge in [0.25, 0.3) is 0 Å². The van der Waals surface area contributed by atoms with Crippen molar-refractivity contribution in [3.05, 3.63) is 216 Å². The van der Waals surface area contributed by atoms with Crippen LogP contribution < -0.4 is 0 Å². The predicted octanol–water partition coefficient (Wildman–Crippen LogP) is 15.5. The highest BCUT2D eigenvalue weighted by molar-refractivity contribution is 6.17. The summed E-state index contributed by atoms with van der Waals surface area (Å²) in [6, 6.07) is 68.9. The van der Waals surface area contributed by atoms with Crippen LogP contribution >= 0.6 is 0 Å². The molecule has 64 heavy (non-hydrogen) atoms. The zero-order valence-electron chi connectivity index (χ0n) is 34.1. The highest BCUT2D eigenvalue weighted by atomic mass is 16.3. The zero-order chi connectivity index (χ0) is 41.7. The van der Waals surface area contributed by atoms with E-state index in [4.69, 9.17) is 23.2 Å². The van der Waals surface area contributed by atoms with Crippen LogP contribution in [0.1, 0.15) is 22.3 Å². The maximum Gasteiger partial charge on any atom is 0.180 e. The van der Waals surface area contributed by atoms with Gasteiger partial charge in [-0.05, 0) is 92.0 Å². The molecular weight excluding hydrogens is 785 g/mol. The Morgan fingerprint density at radius 3 is 1.55 bits per heavy atom. The third-order valence-corrected chi connectivity index (χ3v) is 13.9. The minimum atomic E-state index is -0.435. The molecule has 0 amide bonds.